The van der Waals surface area contributed by atoms with Crippen LogP contribution in [-0.2, 0) is 9.47 Å². The molecule has 0 atom stereocenters. The summed E-state index contributed by atoms with van der Waals surface area (Å²) in [7, 11) is 1.50. The van der Waals surface area contributed by atoms with Crippen LogP contribution < -0.4 is 4.90 Å². The second kappa shape index (κ2) is 6.98. The lowest BCUT2D eigenvalue weighted by Crippen LogP contribution is -2.26. The smallest absolute Gasteiger partial charge is 0.411 e. The largest absolute Gasteiger partial charge is 0.465 e. The maximum atomic E-state index is 11.0. The van der Waals surface area contributed by atoms with E-state index < -0.39 is 12.4 Å². The van der Waals surface area contributed by atoms with Crippen LogP contribution in [0.4, 0.5) is 10.5 Å². The zero-order valence-corrected chi connectivity index (χ0v) is 10.9. The number of nitrogens with zero attached hydrogens (tertiary/aromatic N) is 1. The van der Waals surface area contributed by atoms with Crippen LogP contribution in [0.15, 0.2) is 24.3 Å². The van der Waals surface area contributed by atoms with Gasteiger partial charge in [0.05, 0.1) is 5.69 Å². The lowest BCUT2D eigenvalue weighted by molar-refractivity contribution is -0.139. The molecule has 0 unspecified atom stereocenters. The van der Waals surface area contributed by atoms with E-state index in [0.29, 0.717) is 24.5 Å². The van der Waals surface area contributed by atoms with Gasteiger partial charge in [0.1, 0.15) is 0 Å². The first-order chi connectivity index (χ1) is 8.61. The molecule has 0 radical (unpaired) electrons. The van der Waals surface area contributed by atoms with Crippen molar-refractivity contribution in [2.45, 2.75) is 20.1 Å². The summed E-state index contributed by atoms with van der Waals surface area (Å²) in [5.41, 5.74) is 1.28. The summed E-state index contributed by atoms with van der Waals surface area (Å²) < 4.78 is 11.0. The highest BCUT2D eigenvalue weighted by molar-refractivity contribution is 5.86. The number of ether oxygens (including phenoxy) is 2. The summed E-state index contributed by atoms with van der Waals surface area (Å²) in [6, 6.07) is 7.16. The van der Waals surface area contributed by atoms with Crippen molar-refractivity contribution in [1.82, 2.24) is 0 Å². The van der Waals surface area contributed by atoms with Crippen LogP contribution in [0.3, 0.4) is 0 Å². The number of carboxylic acid groups (broad SMARTS) is 1. The first-order valence-corrected chi connectivity index (χ1v) is 5.90. The lowest BCUT2D eigenvalue weighted by atomic mass is 10.1. The third-order valence-corrected chi connectivity index (χ3v) is 2.48. The van der Waals surface area contributed by atoms with Crippen molar-refractivity contribution in [2.24, 2.45) is 0 Å². The van der Waals surface area contributed by atoms with Crippen LogP contribution in [0.2, 0.25) is 0 Å². The number of amides is 1. The molecule has 0 saturated heterocycles. The zero-order valence-electron chi connectivity index (χ0n) is 10.9. The van der Waals surface area contributed by atoms with Crippen molar-refractivity contribution in [2.75, 3.05) is 25.2 Å². The molecule has 1 N–H and O–H groups in total. The van der Waals surface area contributed by atoms with Crippen molar-refractivity contribution >= 4 is 11.8 Å². The Labute approximate surface area is 107 Å². The molecule has 0 heterocycles. The van der Waals surface area contributed by atoms with Crippen molar-refractivity contribution in [3.05, 3.63) is 29.8 Å². The first-order valence-electron chi connectivity index (χ1n) is 5.90. The molecule has 100 valence electrons. The van der Waals surface area contributed by atoms with Gasteiger partial charge in [0.2, 0.25) is 0 Å². The van der Waals surface area contributed by atoms with Gasteiger partial charge in [0.15, 0.2) is 6.29 Å². The summed E-state index contributed by atoms with van der Waals surface area (Å²) in [5.74, 6) is 0. The summed E-state index contributed by atoms with van der Waals surface area (Å²) >= 11 is 0. The first kappa shape index (κ1) is 14.5. The van der Waals surface area contributed by atoms with Gasteiger partial charge in [-0.15, -0.1) is 0 Å². The van der Waals surface area contributed by atoms with Gasteiger partial charge in [0.25, 0.3) is 0 Å². The third kappa shape index (κ3) is 3.45. The Bertz CT molecular complexity index is 388. The van der Waals surface area contributed by atoms with E-state index in [2.05, 4.69) is 0 Å². The molecular formula is C13H19NO4. The monoisotopic (exact) mass is 253 g/mol. The van der Waals surface area contributed by atoms with Crippen LogP contribution in [0.5, 0.6) is 0 Å². The molecule has 0 aromatic heterocycles. The molecule has 1 rings (SSSR count). The van der Waals surface area contributed by atoms with Crippen molar-refractivity contribution < 1.29 is 19.4 Å². The zero-order chi connectivity index (χ0) is 13.5. The number of anilines is 1. The van der Waals surface area contributed by atoms with Gasteiger partial charge in [-0.25, -0.2) is 4.79 Å². The Hall–Kier alpha value is -1.59. The Morgan fingerprint density at radius 2 is 1.83 bits per heavy atom. The molecule has 0 aliphatic rings. The number of para-hydroxylation sites is 1. The highest BCUT2D eigenvalue weighted by Gasteiger charge is 2.20. The predicted molar refractivity (Wildman–Crippen MR) is 68.9 cm³/mol. The molecule has 1 aromatic rings. The number of rotatable bonds is 6. The molecule has 5 heteroatoms. The van der Waals surface area contributed by atoms with Gasteiger partial charge in [-0.1, -0.05) is 18.2 Å². The van der Waals surface area contributed by atoms with Crippen LogP contribution in [0.25, 0.3) is 0 Å². The Morgan fingerprint density at radius 3 is 2.33 bits per heavy atom. The van der Waals surface area contributed by atoms with E-state index in [0.717, 1.165) is 4.90 Å². The summed E-state index contributed by atoms with van der Waals surface area (Å²) in [6.07, 6.45) is -1.56. The SMILES string of the molecule is CCOC(OCC)c1ccccc1N(C)C(=O)O. The summed E-state index contributed by atoms with van der Waals surface area (Å²) in [5, 5.41) is 9.05. The minimum atomic E-state index is -1.02. The molecule has 0 saturated carbocycles. The fraction of sp³-hybridized carbons (Fsp3) is 0.462. The van der Waals surface area contributed by atoms with Crippen molar-refractivity contribution in [3.63, 3.8) is 0 Å². The quantitative estimate of drug-likeness (QED) is 0.792. The summed E-state index contributed by atoms with van der Waals surface area (Å²) in [4.78, 5) is 12.2. The number of hydrogen-bond donors (Lipinski definition) is 1. The summed E-state index contributed by atoms with van der Waals surface area (Å²) in [6.45, 7) is 4.73. The Kier molecular flexibility index (Phi) is 5.61. The average Bonchev–Trinajstić information content (AvgIpc) is 2.37. The van der Waals surface area contributed by atoms with Gasteiger partial charge < -0.3 is 14.6 Å². The van der Waals surface area contributed by atoms with E-state index >= 15 is 0 Å². The lowest BCUT2D eigenvalue weighted by Gasteiger charge is -2.23. The molecule has 0 bridgehead atoms. The van der Waals surface area contributed by atoms with Gasteiger partial charge >= 0.3 is 6.09 Å². The Morgan fingerprint density at radius 1 is 1.28 bits per heavy atom. The fourth-order valence-corrected chi connectivity index (χ4v) is 1.63. The fourth-order valence-electron chi connectivity index (χ4n) is 1.63. The molecule has 18 heavy (non-hydrogen) atoms. The maximum absolute atomic E-state index is 11.0. The molecule has 0 aliphatic heterocycles. The molecule has 1 aromatic carbocycles. The van der Waals surface area contributed by atoms with Crippen LogP contribution in [0, 0.1) is 0 Å². The van der Waals surface area contributed by atoms with Crippen LogP contribution in [-0.4, -0.2) is 31.5 Å². The molecule has 0 aliphatic carbocycles. The Balaban J connectivity index is 3.08. The highest BCUT2D eigenvalue weighted by Crippen LogP contribution is 2.29. The van der Waals surface area contributed by atoms with Gasteiger partial charge in [0, 0.05) is 25.8 Å². The molecule has 0 spiro atoms. The van der Waals surface area contributed by atoms with E-state index in [1.165, 1.54) is 7.05 Å². The number of benzene rings is 1. The molecule has 5 nitrogen and oxygen atoms in total. The van der Waals surface area contributed by atoms with Crippen LogP contribution >= 0.6 is 0 Å². The van der Waals surface area contributed by atoms with Crippen LogP contribution in [0.1, 0.15) is 25.7 Å². The van der Waals surface area contributed by atoms with E-state index in [-0.39, 0.29) is 0 Å². The molecule has 0 fully saturated rings. The molecular weight excluding hydrogens is 234 g/mol. The highest BCUT2D eigenvalue weighted by atomic mass is 16.7. The van der Waals surface area contributed by atoms with Crippen molar-refractivity contribution in [1.29, 1.82) is 0 Å². The van der Waals surface area contributed by atoms with Crippen molar-refractivity contribution in [3.8, 4) is 0 Å². The van der Waals surface area contributed by atoms with E-state index in [9.17, 15) is 4.79 Å². The van der Waals surface area contributed by atoms with Gasteiger partial charge in [-0.05, 0) is 19.9 Å². The maximum Gasteiger partial charge on any atom is 0.411 e. The van der Waals surface area contributed by atoms with Gasteiger partial charge in [-0.2, -0.15) is 0 Å². The average molecular weight is 253 g/mol. The minimum Gasteiger partial charge on any atom is -0.465 e. The minimum absolute atomic E-state index is 0.496. The second-order valence-electron chi connectivity index (χ2n) is 3.64. The number of hydrogen-bond acceptors (Lipinski definition) is 3. The number of carbonyl (C=O) groups is 1. The van der Waals surface area contributed by atoms with Gasteiger partial charge in [-0.3, -0.25) is 4.90 Å². The van der Waals surface area contributed by atoms with E-state index in [1.807, 2.05) is 26.0 Å². The third-order valence-electron chi connectivity index (χ3n) is 2.48. The predicted octanol–water partition coefficient (Wildman–Crippen LogP) is 2.87. The topological polar surface area (TPSA) is 59.0 Å². The molecule has 1 amide bonds. The van der Waals surface area contributed by atoms with E-state index in [1.54, 1.807) is 12.1 Å². The van der Waals surface area contributed by atoms with E-state index in [4.69, 9.17) is 14.6 Å². The standard InChI is InChI=1S/C13H19NO4/c1-4-17-12(18-5-2)10-8-6-7-9-11(10)14(3)13(15)16/h6-9,12H,4-5H2,1-3H3,(H,15,16). The normalized spacial score (nSPS) is 10.7. The second-order valence-corrected chi connectivity index (χ2v) is 3.64.